The lowest BCUT2D eigenvalue weighted by atomic mass is 9.85. The highest BCUT2D eigenvalue weighted by atomic mass is 16.4. The molecule has 5 heterocycles. The molecule has 0 spiro atoms. The van der Waals surface area contributed by atoms with Gasteiger partial charge in [-0.1, -0.05) is 40.3 Å². The van der Waals surface area contributed by atoms with E-state index in [0.717, 1.165) is 77.3 Å². The summed E-state index contributed by atoms with van der Waals surface area (Å²) < 4.78 is 0. The molecule has 54 heavy (non-hydrogen) atoms. The molecular formula is C42H55N7O5. The van der Waals surface area contributed by atoms with Crippen LogP contribution in [0.4, 0.5) is 0 Å². The van der Waals surface area contributed by atoms with Crippen molar-refractivity contribution in [1.29, 1.82) is 0 Å². The maximum atomic E-state index is 13.8. The van der Waals surface area contributed by atoms with Crippen molar-refractivity contribution in [3.8, 4) is 0 Å². The van der Waals surface area contributed by atoms with Gasteiger partial charge in [0.25, 0.3) is 0 Å². The Morgan fingerprint density at radius 1 is 0.907 bits per heavy atom. The zero-order valence-electron chi connectivity index (χ0n) is 32.7. The van der Waals surface area contributed by atoms with Gasteiger partial charge in [0, 0.05) is 77.8 Å². The number of hydrogen-bond acceptors (Lipinski definition) is 7. The van der Waals surface area contributed by atoms with E-state index in [1.807, 2.05) is 32.0 Å². The third kappa shape index (κ3) is 8.34. The second kappa shape index (κ2) is 17.4. The minimum absolute atomic E-state index is 0.0534. The monoisotopic (exact) mass is 737 g/mol. The molecule has 2 atom stereocenters. The lowest BCUT2D eigenvalue weighted by Gasteiger charge is -2.18. The molecule has 2 aliphatic heterocycles. The molecule has 3 aromatic heterocycles. The first-order valence-electron chi connectivity index (χ1n) is 19.1. The Labute approximate surface area is 317 Å². The number of carbonyl (C=O) groups excluding carboxylic acids is 1. The zero-order valence-corrected chi connectivity index (χ0v) is 32.7. The second-order valence-corrected chi connectivity index (χ2v) is 14.2. The van der Waals surface area contributed by atoms with Gasteiger partial charge in [0.15, 0.2) is 0 Å². The Morgan fingerprint density at radius 3 is 2.28 bits per heavy atom. The van der Waals surface area contributed by atoms with Gasteiger partial charge in [-0.25, -0.2) is 9.78 Å². The van der Waals surface area contributed by atoms with E-state index >= 15 is 0 Å². The summed E-state index contributed by atoms with van der Waals surface area (Å²) in [6.45, 7) is 22.8. The number of likely N-dealkylation sites (N-methyl/N-ethyl adjacent to an activating group) is 1. The molecule has 6 N–H and O–H groups in total. The molecule has 3 aromatic rings. The number of carboxylic acids is 2. The first kappa shape index (κ1) is 40.1. The number of aromatic carboxylic acids is 1. The number of amides is 1. The fraction of sp³-hybridized carbons (Fsp3) is 0.452. The Kier molecular flexibility index (Phi) is 12.9. The van der Waals surface area contributed by atoms with E-state index in [-0.39, 0.29) is 36.7 Å². The molecule has 0 aromatic carbocycles. The summed E-state index contributed by atoms with van der Waals surface area (Å²) in [6, 6.07) is 5.88. The Hall–Kier alpha value is -5.07. The molecule has 0 fully saturated rings. The predicted octanol–water partition coefficient (Wildman–Crippen LogP) is 6.65. The van der Waals surface area contributed by atoms with Crippen LogP contribution < -0.4 is 10.6 Å². The number of fused-ring (bicyclic) bond motifs is 8. The number of allylic oxidation sites excluding steroid dienone is 3. The van der Waals surface area contributed by atoms with Crippen LogP contribution in [0, 0.1) is 13.8 Å². The van der Waals surface area contributed by atoms with Gasteiger partial charge in [0.1, 0.15) is 0 Å². The molecule has 2 aliphatic rings. The summed E-state index contributed by atoms with van der Waals surface area (Å²) in [5.41, 5.74) is 10.3. The fourth-order valence-electron chi connectivity index (χ4n) is 7.80. The van der Waals surface area contributed by atoms with Crippen molar-refractivity contribution in [1.82, 2.24) is 35.5 Å². The number of aromatic nitrogens is 4. The number of H-pyrrole nitrogens is 2. The van der Waals surface area contributed by atoms with Gasteiger partial charge in [0.2, 0.25) is 5.91 Å². The summed E-state index contributed by atoms with van der Waals surface area (Å²) in [7, 11) is 0. The quantitative estimate of drug-likeness (QED) is 0.0879. The molecule has 12 nitrogen and oxygen atoms in total. The standard InChI is InChI=1S/C42H55N7O5/c1-9-27-23(5)31-20-33-25(7)29(13-14-38(51)52)40(47-33)30(19-37(50)44-16-15-43-17-18-49(11-3)12-4)41-39(42(53)54)26(8)34(48-41)22-36-28(10-2)24(6)32(46-36)21-35(27)45-31/h9,20-22,25,29,43,46,48H,1,10-19H2,2-8H3,(H,44,50)(H,51,52)(H,53,54). The van der Waals surface area contributed by atoms with Crippen molar-refractivity contribution in [3.63, 3.8) is 0 Å². The van der Waals surface area contributed by atoms with Gasteiger partial charge in [-0.3, -0.25) is 14.6 Å². The van der Waals surface area contributed by atoms with E-state index in [2.05, 4.69) is 59.8 Å². The normalized spacial score (nSPS) is 15.6. The van der Waals surface area contributed by atoms with Crippen molar-refractivity contribution in [2.24, 2.45) is 0 Å². The molecule has 2 unspecified atom stereocenters. The Morgan fingerprint density at radius 2 is 1.63 bits per heavy atom. The highest BCUT2D eigenvalue weighted by Crippen LogP contribution is 2.43. The molecule has 0 saturated carbocycles. The first-order valence-corrected chi connectivity index (χ1v) is 19.1. The van der Waals surface area contributed by atoms with Gasteiger partial charge >= 0.3 is 11.9 Å². The Balaban J connectivity index is 1.77. The number of rotatable bonds is 16. The average molecular weight is 738 g/mol. The van der Waals surface area contributed by atoms with Crippen LogP contribution in [0.25, 0.3) is 33.2 Å². The third-order valence-corrected chi connectivity index (χ3v) is 11.1. The number of hydrogen-bond donors (Lipinski definition) is 6. The van der Waals surface area contributed by atoms with E-state index in [1.165, 1.54) is 0 Å². The highest BCUT2D eigenvalue weighted by molar-refractivity contribution is 6.03. The predicted molar refractivity (Wildman–Crippen MR) is 215 cm³/mol. The number of nitrogens with zero attached hydrogens (tertiary/aromatic N) is 3. The topological polar surface area (TPSA) is 176 Å². The largest absolute Gasteiger partial charge is 0.481 e. The molecule has 288 valence electrons. The van der Waals surface area contributed by atoms with Gasteiger partial charge in [0.05, 0.1) is 34.6 Å². The van der Waals surface area contributed by atoms with Crippen LogP contribution in [0.15, 0.2) is 30.9 Å². The molecular weight excluding hydrogens is 683 g/mol. The number of aliphatic carboxylic acids is 1. The molecule has 12 heteroatoms. The average Bonchev–Trinajstić information content (AvgIpc) is 3.82. The van der Waals surface area contributed by atoms with Crippen LogP contribution in [-0.4, -0.2) is 92.2 Å². The number of nitrogens with one attached hydrogen (secondary N) is 4. The molecule has 5 rings (SSSR count). The van der Waals surface area contributed by atoms with Crippen molar-refractivity contribution < 1.29 is 24.6 Å². The molecule has 8 bridgehead atoms. The smallest absolute Gasteiger partial charge is 0.338 e. The van der Waals surface area contributed by atoms with Gasteiger partial charge < -0.3 is 35.7 Å². The van der Waals surface area contributed by atoms with Crippen LogP contribution in [-0.2, 0) is 22.4 Å². The lowest BCUT2D eigenvalue weighted by molar-refractivity contribution is -0.137. The van der Waals surface area contributed by atoms with E-state index in [0.29, 0.717) is 46.6 Å². The second-order valence-electron chi connectivity index (χ2n) is 14.2. The van der Waals surface area contributed by atoms with E-state index in [4.69, 9.17) is 9.97 Å². The van der Waals surface area contributed by atoms with E-state index in [1.54, 1.807) is 13.0 Å². The van der Waals surface area contributed by atoms with E-state index < -0.39 is 17.9 Å². The van der Waals surface area contributed by atoms with Crippen molar-refractivity contribution in [2.45, 2.75) is 86.0 Å². The summed E-state index contributed by atoms with van der Waals surface area (Å²) in [5, 5.41) is 26.8. The molecule has 0 saturated heterocycles. The van der Waals surface area contributed by atoms with Crippen molar-refractivity contribution in [3.05, 3.63) is 81.4 Å². The minimum Gasteiger partial charge on any atom is -0.481 e. The van der Waals surface area contributed by atoms with Gasteiger partial charge in [-0.2, -0.15) is 0 Å². The van der Waals surface area contributed by atoms with Gasteiger partial charge in [-0.05, 0) is 87.2 Å². The first-order chi connectivity index (χ1) is 25.8. The molecule has 0 radical (unpaired) electrons. The van der Waals surface area contributed by atoms with Crippen molar-refractivity contribution in [2.75, 3.05) is 39.3 Å². The van der Waals surface area contributed by atoms with Gasteiger partial charge in [-0.15, -0.1) is 0 Å². The third-order valence-electron chi connectivity index (χ3n) is 11.1. The van der Waals surface area contributed by atoms with Crippen LogP contribution >= 0.6 is 0 Å². The van der Waals surface area contributed by atoms with Crippen molar-refractivity contribution >= 4 is 51.1 Å². The SMILES string of the molecule is C=CC1=C(C)c2cc3nc(c(CC(=O)NCCNCCN(CC)CC)c4[nH]c(cc5[nH]c(cc1n2)c(C)c5CC)c(C)c4C(=O)O)C(CCC(=O)O)C3C. The van der Waals surface area contributed by atoms with E-state index in [9.17, 15) is 24.6 Å². The summed E-state index contributed by atoms with van der Waals surface area (Å²) in [4.78, 5) is 58.3. The fourth-order valence-corrected chi connectivity index (χ4v) is 7.80. The number of carbonyl (C=O) groups is 3. The summed E-state index contributed by atoms with van der Waals surface area (Å²) in [6.07, 6.45) is 2.53. The number of aromatic amines is 2. The zero-order chi connectivity index (χ0) is 39.3. The van der Waals surface area contributed by atoms with Crippen LogP contribution in [0.5, 0.6) is 0 Å². The highest BCUT2D eigenvalue weighted by Gasteiger charge is 2.34. The number of carboxylic acid groups (broad SMARTS) is 2. The maximum Gasteiger partial charge on any atom is 0.338 e. The maximum absolute atomic E-state index is 13.8. The Bertz CT molecular complexity index is 2140. The lowest BCUT2D eigenvalue weighted by Crippen LogP contribution is -2.37. The van der Waals surface area contributed by atoms with Crippen LogP contribution in [0.2, 0.25) is 0 Å². The summed E-state index contributed by atoms with van der Waals surface area (Å²) in [5.74, 6) is -3.00. The minimum atomic E-state index is -1.13. The van der Waals surface area contributed by atoms with Crippen LogP contribution in [0.3, 0.4) is 0 Å². The molecule has 1 amide bonds. The molecule has 0 aliphatic carbocycles. The number of aryl methyl sites for hydroxylation is 3. The van der Waals surface area contributed by atoms with Crippen LogP contribution in [0.1, 0.15) is 115 Å². The summed E-state index contributed by atoms with van der Waals surface area (Å²) >= 11 is 0.